The molecule has 0 unspecified atom stereocenters. The van der Waals surface area contributed by atoms with Crippen LogP contribution in [0.3, 0.4) is 0 Å². The van der Waals surface area contributed by atoms with Crippen molar-refractivity contribution in [2.75, 3.05) is 0 Å². The van der Waals surface area contributed by atoms with Crippen LogP contribution in [0.2, 0.25) is 0 Å². The number of rotatable bonds is 3. The first-order valence-corrected chi connectivity index (χ1v) is 4.70. The van der Waals surface area contributed by atoms with E-state index in [4.69, 9.17) is 5.26 Å². The molecular weight excluding hydrogens is 219 g/mol. The highest BCUT2D eigenvalue weighted by Gasteiger charge is 2.32. The predicted octanol–water partition coefficient (Wildman–Crippen LogP) is 3.21. The fourth-order valence-electron chi connectivity index (χ4n) is 1.27. The van der Waals surface area contributed by atoms with Gasteiger partial charge in [-0.25, -0.2) is 0 Å². The molecule has 0 aliphatic heterocycles. The lowest BCUT2D eigenvalue weighted by Gasteiger charge is -2.12. The van der Waals surface area contributed by atoms with Crippen molar-refractivity contribution in [3.05, 3.63) is 29.3 Å². The van der Waals surface area contributed by atoms with E-state index in [-0.39, 0.29) is 17.7 Å². The molecule has 86 valence electrons. The van der Waals surface area contributed by atoms with Crippen molar-refractivity contribution in [3.63, 3.8) is 0 Å². The highest BCUT2D eigenvalue weighted by Crippen LogP contribution is 2.28. The number of alkyl halides is 3. The molecule has 0 atom stereocenters. The quantitative estimate of drug-likeness (QED) is 0.797. The monoisotopic (exact) mass is 229 g/mol. The summed E-state index contributed by atoms with van der Waals surface area (Å²) >= 11 is 0. The summed E-state index contributed by atoms with van der Waals surface area (Å²) in [7, 11) is 0. The molecule has 16 heavy (non-hydrogen) atoms. The number of benzene rings is 1. The molecule has 0 aliphatic carbocycles. The molecule has 1 aromatic rings. The maximum atomic E-state index is 12.1. The fraction of sp³-hybridized carbons (Fsp3) is 0.364. The zero-order valence-corrected chi connectivity index (χ0v) is 8.64. The van der Waals surface area contributed by atoms with Gasteiger partial charge < -0.3 is 4.74 Å². The second-order valence-electron chi connectivity index (χ2n) is 3.18. The summed E-state index contributed by atoms with van der Waals surface area (Å²) in [5, 5.41) is 8.48. The molecule has 5 heteroatoms. The highest BCUT2D eigenvalue weighted by atomic mass is 19.4. The van der Waals surface area contributed by atoms with E-state index in [1.165, 1.54) is 12.1 Å². The average Bonchev–Trinajstić information content (AvgIpc) is 2.18. The Kier molecular flexibility index (Phi) is 3.78. The lowest BCUT2D eigenvalue weighted by molar-refractivity contribution is -0.274. The Hall–Kier alpha value is -1.70. The molecule has 0 bridgehead atoms. The Balaban J connectivity index is 3.06. The zero-order chi connectivity index (χ0) is 12.2. The molecule has 0 heterocycles. The van der Waals surface area contributed by atoms with E-state index in [1.54, 1.807) is 12.1 Å². The molecule has 0 aromatic heterocycles. The second-order valence-corrected chi connectivity index (χ2v) is 3.18. The third-order valence-electron chi connectivity index (χ3n) is 2.04. The van der Waals surface area contributed by atoms with Gasteiger partial charge in [-0.3, -0.25) is 0 Å². The third-order valence-corrected chi connectivity index (χ3v) is 2.04. The van der Waals surface area contributed by atoms with Gasteiger partial charge in [0.2, 0.25) is 0 Å². The molecule has 0 radical (unpaired) electrons. The number of hydrogen-bond acceptors (Lipinski definition) is 2. The molecule has 0 fully saturated rings. The Labute approximate surface area is 91.3 Å². The average molecular weight is 229 g/mol. The molecule has 2 nitrogen and oxygen atoms in total. The highest BCUT2D eigenvalue weighted by molar-refractivity contribution is 5.39. The van der Waals surface area contributed by atoms with Crippen molar-refractivity contribution in [2.24, 2.45) is 0 Å². The predicted molar refractivity (Wildman–Crippen MR) is 51.8 cm³/mol. The van der Waals surface area contributed by atoms with E-state index in [0.29, 0.717) is 6.42 Å². The van der Waals surface area contributed by atoms with Crippen LogP contribution in [-0.2, 0) is 12.8 Å². The van der Waals surface area contributed by atoms with Gasteiger partial charge in [0.25, 0.3) is 0 Å². The zero-order valence-electron chi connectivity index (χ0n) is 8.64. The summed E-state index contributed by atoms with van der Waals surface area (Å²) in [6.07, 6.45) is -4.22. The molecule has 0 aliphatic rings. The molecule has 0 saturated heterocycles. The van der Waals surface area contributed by atoms with E-state index >= 15 is 0 Å². The van der Waals surface area contributed by atoms with Gasteiger partial charge in [-0.05, 0) is 18.1 Å². The van der Waals surface area contributed by atoms with Crippen molar-refractivity contribution < 1.29 is 17.9 Å². The van der Waals surface area contributed by atoms with Crippen LogP contribution < -0.4 is 4.74 Å². The summed E-state index contributed by atoms with van der Waals surface area (Å²) in [5.41, 5.74) is 0.984. The van der Waals surface area contributed by atoms with Gasteiger partial charge in [-0.2, -0.15) is 5.26 Å². The van der Waals surface area contributed by atoms with Crippen LogP contribution in [0.5, 0.6) is 5.75 Å². The lowest BCUT2D eigenvalue weighted by Crippen LogP contribution is -2.18. The van der Waals surface area contributed by atoms with E-state index < -0.39 is 6.36 Å². The first-order chi connectivity index (χ1) is 7.46. The van der Waals surface area contributed by atoms with Crippen molar-refractivity contribution in [3.8, 4) is 11.8 Å². The summed E-state index contributed by atoms with van der Waals surface area (Å²) < 4.78 is 40.2. The van der Waals surface area contributed by atoms with Gasteiger partial charge in [0.05, 0.1) is 12.5 Å². The van der Waals surface area contributed by atoms with Crippen LogP contribution in [0.15, 0.2) is 18.2 Å². The van der Waals surface area contributed by atoms with Crippen LogP contribution in [-0.4, -0.2) is 6.36 Å². The minimum atomic E-state index is -4.73. The van der Waals surface area contributed by atoms with E-state index in [2.05, 4.69) is 4.74 Å². The largest absolute Gasteiger partial charge is 0.573 e. The minimum absolute atomic E-state index is 0.102. The summed E-state index contributed by atoms with van der Waals surface area (Å²) in [6.45, 7) is 1.83. The van der Waals surface area contributed by atoms with Crippen LogP contribution in [0.25, 0.3) is 0 Å². The Morgan fingerprint density at radius 1 is 1.38 bits per heavy atom. The SMILES string of the molecule is CCc1ccc(CC#N)c(OC(F)(F)F)c1. The van der Waals surface area contributed by atoms with E-state index in [1.807, 2.05) is 6.92 Å². The van der Waals surface area contributed by atoms with Gasteiger partial charge in [-0.1, -0.05) is 19.1 Å². The van der Waals surface area contributed by atoms with Gasteiger partial charge in [0, 0.05) is 5.56 Å². The normalized spacial score (nSPS) is 10.9. The van der Waals surface area contributed by atoms with Crippen molar-refractivity contribution >= 4 is 0 Å². The fourth-order valence-corrected chi connectivity index (χ4v) is 1.27. The van der Waals surface area contributed by atoms with Crippen LogP contribution in [0.4, 0.5) is 13.2 Å². The lowest BCUT2D eigenvalue weighted by atomic mass is 10.1. The van der Waals surface area contributed by atoms with Crippen LogP contribution in [0.1, 0.15) is 18.1 Å². The molecule has 0 N–H and O–H groups in total. The second kappa shape index (κ2) is 4.88. The Bertz CT molecular complexity index is 407. The van der Waals surface area contributed by atoms with E-state index in [0.717, 1.165) is 5.56 Å². The maximum Gasteiger partial charge on any atom is 0.573 e. The number of nitriles is 1. The first kappa shape index (κ1) is 12.4. The number of hydrogen-bond donors (Lipinski definition) is 0. The summed E-state index contributed by atoms with van der Waals surface area (Å²) in [6, 6.07) is 6.30. The maximum absolute atomic E-state index is 12.1. The summed E-state index contributed by atoms with van der Waals surface area (Å²) in [4.78, 5) is 0. The molecule has 1 aromatic carbocycles. The van der Waals surface area contributed by atoms with Crippen molar-refractivity contribution in [1.29, 1.82) is 5.26 Å². The minimum Gasteiger partial charge on any atom is -0.405 e. The van der Waals surface area contributed by atoms with Crippen molar-refractivity contribution in [1.82, 2.24) is 0 Å². The van der Waals surface area contributed by atoms with Crippen molar-refractivity contribution in [2.45, 2.75) is 26.1 Å². The first-order valence-electron chi connectivity index (χ1n) is 4.70. The van der Waals surface area contributed by atoms with Crippen LogP contribution >= 0.6 is 0 Å². The van der Waals surface area contributed by atoms with Gasteiger partial charge in [0.15, 0.2) is 0 Å². The molecule has 0 amide bonds. The van der Waals surface area contributed by atoms with Crippen LogP contribution in [0, 0.1) is 11.3 Å². The Morgan fingerprint density at radius 3 is 2.56 bits per heavy atom. The number of ether oxygens (including phenoxy) is 1. The summed E-state index contributed by atoms with van der Waals surface area (Å²) in [5.74, 6) is -0.284. The van der Waals surface area contributed by atoms with Gasteiger partial charge in [-0.15, -0.1) is 13.2 Å². The van der Waals surface area contributed by atoms with E-state index in [9.17, 15) is 13.2 Å². The number of aryl methyl sites for hydroxylation is 1. The third kappa shape index (κ3) is 3.46. The van der Waals surface area contributed by atoms with Gasteiger partial charge in [0.1, 0.15) is 5.75 Å². The molecule has 0 spiro atoms. The molecule has 0 saturated carbocycles. The number of halogens is 3. The molecule has 1 rings (SSSR count). The smallest absolute Gasteiger partial charge is 0.405 e. The Morgan fingerprint density at radius 2 is 2.06 bits per heavy atom. The topological polar surface area (TPSA) is 33.0 Å². The molecular formula is C11H10F3NO. The van der Waals surface area contributed by atoms with Gasteiger partial charge >= 0.3 is 6.36 Å². The number of nitrogens with zero attached hydrogens (tertiary/aromatic N) is 1. The standard InChI is InChI=1S/C11H10F3NO/c1-2-8-3-4-9(5-6-15)10(7-8)16-11(12,13)14/h3-4,7H,2,5H2,1H3.